The summed E-state index contributed by atoms with van der Waals surface area (Å²) in [4.78, 5) is 0.325. The van der Waals surface area contributed by atoms with Crippen LogP contribution in [0.3, 0.4) is 0 Å². The van der Waals surface area contributed by atoms with Crippen LogP contribution >= 0.6 is 15.9 Å². The lowest BCUT2D eigenvalue weighted by atomic mass is 10.0. The number of fused-ring (bicyclic) bond motifs is 1. The molecule has 0 amide bonds. The Morgan fingerprint density at radius 2 is 1.88 bits per heavy atom. The van der Waals surface area contributed by atoms with Gasteiger partial charge in [-0.25, -0.2) is 13.1 Å². The van der Waals surface area contributed by atoms with Gasteiger partial charge >= 0.3 is 0 Å². The molecule has 0 fully saturated rings. The number of hydrogen-bond donors (Lipinski definition) is 0. The fraction of sp³-hybridized carbons (Fsp3) is 0.611. The van der Waals surface area contributed by atoms with Gasteiger partial charge < -0.3 is 4.74 Å². The first kappa shape index (κ1) is 21.6. The molecule has 0 radical (unpaired) electrons. The molecule has 2 aromatic rings. The third-order valence-electron chi connectivity index (χ3n) is 3.85. The Morgan fingerprint density at radius 3 is 2.46 bits per heavy atom. The lowest BCUT2D eigenvalue weighted by Crippen LogP contribution is -2.22. The standard InChI is InChI=1S/C18H29BrN2O3SSi/c1-18(2,3)12-25(22,23)15-9-14-11-20-21(17(14)16(19)10-15)13-24-7-8-26(4,5)6/h9-11H,7-8,12-13H2,1-6H3. The topological polar surface area (TPSA) is 61.2 Å². The van der Waals surface area contributed by atoms with Crippen molar-refractivity contribution < 1.29 is 13.2 Å². The van der Waals surface area contributed by atoms with Crippen LogP contribution in [0.25, 0.3) is 10.9 Å². The molecular formula is C18H29BrN2O3SSi. The van der Waals surface area contributed by atoms with Crippen molar-refractivity contribution in [2.75, 3.05) is 12.4 Å². The quantitative estimate of drug-likeness (QED) is 0.433. The summed E-state index contributed by atoms with van der Waals surface area (Å²) in [6.45, 7) is 13.8. The molecule has 1 aromatic heterocycles. The van der Waals surface area contributed by atoms with Crippen LogP contribution in [0.15, 0.2) is 27.7 Å². The van der Waals surface area contributed by atoms with Crippen molar-refractivity contribution in [2.24, 2.45) is 5.41 Å². The molecule has 0 spiro atoms. The van der Waals surface area contributed by atoms with E-state index in [1.165, 1.54) is 0 Å². The van der Waals surface area contributed by atoms with Crippen molar-refractivity contribution in [3.63, 3.8) is 0 Å². The van der Waals surface area contributed by atoms with E-state index in [-0.39, 0.29) is 11.2 Å². The highest BCUT2D eigenvalue weighted by atomic mass is 79.9. The molecule has 1 aromatic carbocycles. The molecular weight excluding hydrogens is 432 g/mol. The molecule has 0 saturated heterocycles. The summed E-state index contributed by atoms with van der Waals surface area (Å²) in [5, 5.41) is 5.16. The normalized spacial score (nSPS) is 13.5. The first-order chi connectivity index (χ1) is 11.8. The summed E-state index contributed by atoms with van der Waals surface area (Å²) in [5.74, 6) is 0.103. The van der Waals surface area contributed by atoms with Crippen LogP contribution in [-0.4, -0.2) is 38.6 Å². The number of sulfone groups is 1. The van der Waals surface area contributed by atoms with Crippen molar-refractivity contribution >= 4 is 44.7 Å². The monoisotopic (exact) mass is 460 g/mol. The molecule has 0 saturated carbocycles. The largest absolute Gasteiger partial charge is 0.360 e. The summed E-state index contributed by atoms with van der Waals surface area (Å²) in [6, 6.07) is 4.47. The number of benzene rings is 1. The highest BCUT2D eigenvalue weighted by molar-refractivity contribution is 9.10. The summed E-state index contributed by atoms with van der Waals surface area (Å²) in [7, 11) is -4.48. The molecule has 0 aliphatic heterocycles. The second-order valence-electron chi connectivity index (χ2n) is 9.15. The molecule has 0 unspecified atom stereocenters. The van der Waals surface area contributed by atoms with Gasteiger partial charge in [-0.15, -0.1) is 0 Å². The Kier molecular flexibility index (Phi) is 6.42. The number of aromatic nitrogens is 2. The number of hydrogen-bond acceptors (Lipinski definition) is 4. The number of halogens is 1. The van der Waals surface area contributed by atoms with Gasteiger partial charge in [0.2, 0.25) is 0 Å². The Labute approximate surface area is 166 Å². The molecule has 5 nitrogen and oxygen atoms in total. The second-order valence-corrected chi connectivity index (χ2v) is 17.6. The first-order valence-corrected chi connectivity index (χ1v) is 14.9. The average Bonchev–Trinajstić information content (AvgIpc) is 2.83. The van der Waals surface area contributed by atoms with Crippen LogP contribution in [0, 0.1) is 5.41 Å². The summed E-state index contributed by atoms with van der Waals surface area (Å²) in [5.41, 5.74) is 0.557. The fourth-order valence-electron chi connectivity index (χ4n) is 2.61. The molecule has 2 rings (SSSR count). The van der Waals surface area contributed by atoms with Gasteiger partial charge in [0.25, 0.3) is 0 Å². The number of nitrogens with zero attached hydrogens (tertiary/aromatic N) is 2. The van der Waals surface area contributed by atoms with Crippen molar-refractivity contribution in [2.45, 2.75) is 58.1 Å². The number of rotatable bonds is 7. The molecule has 0 aliphatic rings. The van der Waals surface area contributed by atoms with Gasteiger partial charge in [-0.3, -0.25) is 0 Å². The minimum absolute atomic E-state index is 0.103. The van der Waals surface area contributed by atoms with Gasteiger partial charge in [-0.05, 0) is 39.5 Å². The zero-order chi connectivity index (χ0) is 19.8. The van der Waals surface area contributed by atoms with E-state index in [4.69, 9.17) is 4.74 Å². The van der Waals surface area contributed by atoms with Gasteiger partial charge in [0, 0.05) is 24.5 Å². The van der Waals surface area contributed by atoms with E-state index in [2.05, 4.69) is 40.7 Å². The molecule has 0 N–H and O–H groups in total. The minimum Gasteiger partial charge on any atom is -0.360 e. The average molecular weight is 461 g/mol. The van der Waals surface area contributed by atoms with Crippen LogP contribution < -0.4 is 0 Å². The Bertz CT molecular complexity index is 880. The summed E-state index contributed by atoms with van der Waals surface area (Å²) in [6.07, 6.45) is 1.69. The Morgan fingerprint density at radius 1 is 1.23 bits per heavy atom. The van der Waals surface area contributed by atoms with Crippen molar-refractivity contribution in [1.82, 2.24) is 9.78 Å². The van der Waals surface area contributed by atoms with Crippen LogP contribution in [-0.2, 0) is 21.3 Å². The maximum atomic E-state index is 12.7. The highest BCUT2D eigenvalue weighted by Gasteiger charge is 2.25. The maximum absolute atomic E-state index is 12.7. The van der Waals surface area contributed by atoms with Gasteiger partial charge in [-0.1, -0.05) is 40.4 Å². The van der Waals surface area contributed by atoms with Crippen LogP contribution in [0.1, 0.15) is 20.8 Å². The zero-order valence-electron chi connectivity index (χ0n) is 16.5. The van der Waals surface area contributed by atoms with Crippen LogP contribution in [0.4, 0.5) is 0 Å². The Hall–Kier alpha value is -0.703. The third-order valence-corrected chi connectivity index (χ3v) is 8.36. The van der Waals surface area contributed by atoms with E-state index in [1.807, 2.05) is 20.8 Å². The third kappa shape index (κ3) is 5.90. The van der Waals surface area contributed by atoms with Crippen molar-refractivity contribution in [3.8, 4) is 0 Å². The van der Waals surface area contributed by atoms with E-state index in [0.717, 1.165) is 16.9 Å². The van der Waals surface area contributed by atoms with E-state index in [1.54, 1.807) is 23.0 Å². The van der Waals surface area contributed by atoms with E-state index >= 15 is 0 Å². The Balaban J connectivity index is 2.23. The molecule has 146 valence electrons. The first-order valence-electron chi connectivity index (χ1n) is 8.74. The maximum Gasteiger partial charge on any atom is 0.178 e. The van der Waals surface area contributed by atoms with Gasteiger partial charge in [0.05, 0.1) is 22.4 Å². The molecule has 0 aliphatic carbocycles. The molecule has 0 bridgehead atoms. The SMILES string of the molecule is CC(C)(C)CS(=O)(=O)c1cc(Br)c2c(cnn2COCC[Si](C)(C)C)c1. The van der Waals surface area contributed by atoms with E-state index in [0.29, 0.717) is 22.7 Å². The van der Waals surface area contributed by atoms with Crippen LogP contribution in [0.5, 0.6) is 0 Å². The van der Waals surface area contributed by atoms with Gasteiger partial charge in [-0.2, -0.15) is 5.10 Å². The van der Waals surface area contributed by atoms with Crippen LogP contribution in [0.2, 0.25) is 25.7 Å². The second kappa shape index (κ2) is 7.73. The van der Waals surface area contributed by atoms with E-state index in [9.17, 15) is 8.42 Å². The molecule has 1 heterocycles. The lowest BCUT2D eigenvalue weighted by molar-refractivity contribution is 0.0816. The van der Waals surface area contributed by atoms with Crippen molar-refractivity contribution in [1.29, 1.82) is 0 Å². The highest BCUT2D eigenvalue weighted by Crippen LogP contribution is 2.30. The predicted octanol–water partition coefficient (Wildman–Crippen LogP) is 4.93. The fourth-order valence-corrected chi connectivity index (χ4v) is 6.11. The van der Waals surface area contributed by atoms with Crippen molar-refractivity contribution in [3.05, 3.63) is 22.8 Å². The number of ether oxygens (including phenoxy) is 1. The summed E-state index contributed by atoms with van der Waals surface area (Å²) < 4.78 is 33.6. The molecule has 8 heteroatoms. The molecule has 26 heavy (non-hydrogen) atoms. The molecule has 0 atom stereocenters. The lowest BCUT2D eigenvalue weighted by Gasteiger charge is -2.18. The van der Waals surface area contributed by atoms with E-state index < -0.39 is 17.9 Å². The smallest absolute Gasteiger partial charge is 0.178 e. The predicted molar refractivity (Wildman–Crippen MR) is 113 cm³/mol. The van der Waals surface area contributed by atoms with Gasteiger partial charge in [0.15, 0.2) is 9.84 Å². The minimum atomic E-state index is -3.35. The summed E-state index contributed by atoms with van der Waals surface area (Å²) >= 11 is 3.52. The van der Waals surface area contributed by atoms with Gasteiger partial charge in [0.1, 0.15) is 6.73 Å². The zero-order valence-corrected chi connectivity index (χ0v) is 19.9.